The zero-order chi connectivity index (χ0) is 14.5. The zero-order valence-corrected chi connectivity index (χ0v) is 12.6. The van der Waals surface area contributed by atoms with Gasteiger partial charge in [0.1, 0.15) is 11.1 Å². The molecule has 112 valence electrons. The molecule has 2 aliphatic heterocycles. The number of ether oxygens (including phenoxy) is 1. The summed E-state index contributed by atoms with van der Waals surface area (Å²) in [6, 6.07) is 0.0463. The second kappa shape index (κ2) is 4.45. The highest BCUT2D eigenvalue weighted by molar-refractivity contribution is 6.02. The number of piperazine rings is 1. The minimum atomic E-state index is -0.770. The van der Waals surface area contributed by atoms with Crippen LogP contribution in [-0.4, -0.2) is 47.0 Å². The van der Waals surface area contributed by atoms with Crippen molar-refractivity contribution in [2.45, 2.75) is 63.6 Å². The monoisotopic (exact) mass is 280 g/mol. The second-order valence-electron chi connectivity index (χ2n) is 6.75. The van der Waals surface area contributed by atoms with Crippen LogP contribution < -0.4 is 5.32 Å². The first-order chi connectivity index (χ1) is 9.43. The van der Waals surface area contributed by atoms with Gasteiger partial charge in [0.15, 0.2) is 0 Å². The average molecular weight is 280 g/mol. The van der Waals surface area contributed by atoms with Gasteiger partial charge >= 0.3 is 0 Å². The van der Waals surface area contributed by atoms with Crippen molar-refractivity contribution < 1.29 is 14.3 Å². The molecule has 0 spiro atoms. The van der Waals surface area contributed by atoms with Crippen LogP contribution in [0.25, 0.3) is 0 Å². The van der Waals surface area contributed by atoms with E-state index in [2.05, 4.69) is 5.32 Å². The van der Waals surface area contributed by atoms with Gasteiger partial charge in [-0.05, 0) is 45.4 Å². The molecule has 0 aromatic rings. The van der Waals surface area contributed by atoms with Crippen molar-refractivity contribution >= 4 is 11.8 Å². The lowest BCUT2D eigenvalue weighted by Crippen LogP contribution is -2.76. The maximum absolute atomic E-state index is 13.0. The summed E-state index contributed by atoms with van der Waals surface area (Å²) < 4.78 is 5.46. The molecule has 3 rings (SSSR count). The van der Waals surface area contributed by atoms with E-state index in [9.17, 15) is 9.59 Å². The molecule has 3 atom stereocenters. The number of rotatable bonds is 3. The van der Waals surface area contributed by atoms with Crippen molar-refractivity contribution in [1.29, 1.82) is 0 Å². The molecule has 0 aromatic heterocycles. The molecule has 2 amide bonds. The van der Waals surface area contributed by atoms with Crippen molar-refractivity contribution in [2.24, 2.45) is 5.92 Å². The molecule has 20 heavy (non-hydrogen) atoms. The first-order valence-corrected chi connectivity index (χ1v) is 7.67. The molecular formula is C15H24N2O3. The van der Waals surface area contributed by atoms with Crippen molar-refractivity contribution in [3.05, 3.63) is 0 Å². The lowest BCUT2D eigenvalue weighted by molar-refractivity contribution is -0.167. The third-order valence-electron chi connectivity index (χ3n) is 5.39. The van der Waals surface area contributed by atoms with Gasteiger partial charge in [0.05, 0.1) is 12.6 Å². The number of carbonyl (C=O) groups excluding carboxylic acids is 2. The van der Waals surface area contributed by atoms with Gasteiger partial charge in [0.25, 0.3) is 0 Å². The lowest BCUT2D eigenvalue weighted by Gasteiger charge is -2.52. The molecule has 1 aliphatic carbocycles. The molecule has 0 aromatic carbocycles. The van der Waals surface area contributed by atoms with Crippen LogP contribution in [0.15, 0.2) is 0 Å². The van der Waals surface area contributed by atoms with E-state index in [1.165, 1.54) is 0 Å². The summed E-state index contributed by atoms with van der Waals surface area (Å²) in [5, 5.41) is 2.99. The van der Waals surface area contributed by atoms with Gasteiger partial charge in [0, 0.05) is 6.61 Å². The Labute approximate surface area is 120 Å². The highest BCUT2D eigenvalue weighted by atomic mass is 16.5. The molecule has 2 heterocycles. The van der Waals surface area contributed by atoms with Crippen LogP contribution in [0, 0.1) is 5.92 Å². The fourth-order valence-electron chi connectivity index (χ4n) is 3.55. The third kappa shape index (κ3) is 1.79. The predicted octanol–water partition coefficient (Wildman–Crippen LogP) is 1.07. The van der Waals surface area contributed by atoms with E-state index in [1.54, 1.807) is 0 Å². The van der Waals surface area contributed by atoms with Crippen LogP contribution in [0.2, 0.25) is 0 Å². The number of nitrogens with one attached hydrogen (secondary N) is 1. The Kier molecular flexibility index (Phi) is 3.08. The van der Waals surface area contributed by atoms with Crippen molar-refractivity contribution in [2.75, 3.05) is 13.2 Å². The summed E-state index contributed by atoms with van der Waals surface area (Å²) in [7, 11) is 0. The van der Waals surface area contributed by atoms with Gasteiger partial charge in [0.2, 0.25) is 11.8 Å². The highest BCUT2D eigenvalue weighted by Gasteiger charge is 2.61. The Balaban J connectivity index is 2.00. The summed E-state index contributed by atoms with van der Waals surface area (Å²) in [4.78, 5) is 27.6. The first-order valence-electron chi connectivity index (χ1n) is 7.67. The Morgan fingerprint density at radius 2 is 2.00 bits per heavy atom. The van der Waals surface area contributed by atoms with Gasteiger partial charge in [-0.3, -0.25) is 9.59 Å². The maximum Gasteiger partial charge on any atom is 0.249 e. The molecule has 0 radical (unpaired) electrons. The fraction of sp³-hybridized carbons (Fsp3) is 0.867. The van der Waals surface area contributed by atoms with E-state index in [4.69, 9.17) is 4.74 Å². The van der Waals surface area contributed by atoms with Crippen LogP contribution in [0.5, 0.6) is 0 Å². The Hall–Kier alpha value is -1.10. The lowest BCUT2D eigenvalue weighted by atomic mass is 9.81. The van der Waals surface area contributed by atoms with Crippen LogP contribution in [0.4, 0.5) is 0 Å². The van der Waals surface area contributed by atoms with Gasteiger partial charge in [-0.2, -0.15) is 0 Å². The van der Waals surface area contributed by atoms with Crippen LogP contribution in [0.3, 0.4) is 0 Å². The molecule has 1 saturated carbocycles. The summed E-state index contributed by atoms with van der Waals surface area (Å²) in [5.41, 5.74) is -1.46. The van der Waals surface area contributed by atoms with E-state index in [1.807, 2.05) is 25.7 Å². The second-order valence-corrected chi connectivity index (χ2v) is 6.75. The SMILES string of the molecule is CCC1(C)NC(=O)C(C)(C2CC2)N(C2CCOC2)C1=O. The molecule has 3 unspecified atom stereocenters. The summed E-state index contributed by atoms with van der Waals surface area (Å²) in [6.07, 6.45) is 3.51. The normalized spacial score (nSPS) is 42.0. The van der Waals surface area contributed by atoms with E-state index in [0.717, 1.165) is 19.3 Å². The summed E-state index contributed by atoms with van der Waals surface area (Å²) in [6.45, 7) is 6.95. The van der Waals surface area contributed by atoms with E-state index in [-0.39, 0.29) is 17.9 Å². The quantitative estimate of drug-likeness (QED) is 0.841. The number of hydrogen-bond donors (Lipinski definition) is 1. The van der Waals surface area contributed by atoms with Crippen molar-refractivity contribution in [1.82, 2.24) is 10.2 Å². The van der Waals surface area contributed by atoms with Gasteiger partial charge in [-0.1, -0.05) is 6.92 Å². The van der Waals surface area contributed by atoms with E-state index in [0.29, 0.717) is 25.6 Å². The van der Waals surface area contributed by atoms with Crippen LogP contribution >= 0.6 is 0 Å². The number of hydrogen-bond acceptors (Lipinski definition) is 3. The highest BCUT2D eigenvalue weighted by Crippen LogP contribution is 2.47. The Bertz CT molecular complexity index is 442. The molecule has 0 bridgehead atoms. The van der Waals surface area contributed by atoms with Crippen LogP contribution in [-0.2, 0) is 14.3 Å². The predicted molar refractivity (Wildman–Crippen MR) is 74.0 cm³/mol. The molecule has 3 fully saturated rings. The molecule has 3 aliphatic rings. The molecule has 2 saturated heterocycles. The number of nitrogens with zero attached hydrogens (tertiary/aromatic N) is 1. The number of amides is 2. The van der Waals surface area contributed by atoms with Crippen molar-refractivity contribution in [3.63, 3.8) is 0 Å². The average Bonchev–Trinajstić information content (AvgIpc) is 3.15. The van der Waals surface area contributed by atoms with Gasteiger partial charge in [-0.25, -0.2) is 0 Å². The smallest absolute Gasteiger partial charge is 0.249 e. The van der Waals surface area contributed by atoms with E-state index < -0.39 is 11.1 Å². The molecule has 5 heteroatoms. The minimum Gasteiger partial charge on any atom is -0.379 e. The summed E-state index contributed by atoms with van der Waals surface area (Å²) in [5.74, 6) is 0.369. The topological polar surface area (TPSA) is 58.6 Å². The fourth-order valence-corrected chi connectivity index (χ4v) is 3.55. The summed E-state index contributed by atoms with van der Waals surface area (Å²) >= 11 is 0. The van der Waals surface area contributed by atoms with E-state index >= 15 is 0 Å². The maximum atomic E-state index is 13.0. The first kappa shape index (κ1) is 13.9. The van der Waals surface area contributed by atoms with Gasteiger partial charge < -0.3 is 15.0 Å². The standard InChI is InChI=1S/C15H24N2O3/c1-4-14(2)13(19)17(11-7-8-20-9-11)15(3,10-5-6-10)12(18)16-14/h10-11H,4-9H2,1-3H3,(H,16,18). The number of carbonyl (C=O) groups is 2. The molecular weight excluding hydrogens is 256 g/mol. The van der Waals surface area contributed by atoms with Crippen LogP contribution in [0.1, 0.15) is 46.5 Å². The van der Waals surface area contributed by atoms with Crippen molar-refractivity contribution in [3.8, 4) is 0 Å². The Morgan fingerprint density at radius 1 is 1.30 bits per heavy atom. The zero-order valence-electron chi connectivity index (χ0n) is 12.6. The molecule has 5 nitrogen and oxygen atoms in total. The largest absolute Gasteiger partial charge is 0.379 e. The van der Waals surface area contributed by atoms with Gasteiger partial charge in [-0.15, -0.1) is 0 Å². The minimum absolute atomic E-state index is 0.0100. The molecule has 1 N–H and O–H groups in total. The third-order valence-corrected chi connectivity index (χ3v) is 5.39. The Morgan fingerprint density at radius 3 is 2.50 bits per heavy atom.